The molecule has 0 aliphatic carbocycles. The zero-order chi connectivity index (χ0) is 17.6. The second-order valence-electron chi connectivity index (χ2n) is 5.20. The monoisotopic (exact) mass is 355 g/mol. The van der Waals surface area contributed by atoms with Gasteiger partial charge in [-0.2, -0.15) is 5.10 Å². The predicted molar refractivity (Wildman–Crippen MR) is 98.1 cm³/mol. The van der Waals surface area contributed by atoms with Crippen LogP contribution in [0.4, 0.5) is 0 Å². The Morgan fingerprint density at radius 3 is 2.92 bits per heavy atom. The number of rotatable bonds is 6. The minimum atomic E-state index is -0.227. The molecule has 1 N–H and O–H groups in total. The number of carbonyl (C=O) groups is 1. The smallest absolute Gasteiger partial charge is 0.257 e. The zero-order valence-corrected chi connectivity index (χ0v) is 14.7. The summed E-state index contributed by atoms with van der Waals surface area (Å²) in [4.78, 5) is 16.3. The normalized spacial score (nSPS) is 11.5. The van der Waals surface area contributed by atoms with E-state index in [2.05, 4.69) is 15.5 Å². The first kappa shape index (κ1) is 17.0. The SMILES string of the molecule is COc1cccc(C(C)=NNC(=O)CSc2nc3ccccc3o2)c1. The third-order valence-corrected chi connectivity index (χ3v) is 4.26. The second kappa shape index (κ2) is 7.85. The second-order valence-corrected chi connectivity index (χ2v) is 6.13. The molecule has 0 saturated heterocycles. The van der Waals surface area contributed by atoms with E-state index in [0.29, 0.717) is 16.5 Å². The van der Waals surface area contributed by atoms with Crippen molar-refractivity contribution < 1.29 is 13.9 Å². The molecule has 2 aromatic carbocycles. The van der Waals surface area contributed by atoms with Crippen LogP contribution in [0.2, 0.25) is 0 Å². The number of ether oxygens (including phenoxy) is 1. The molecule has 25 heavy (non-hydrogen) atoms. The molecule has 0 aliphatic rings. The van der Waals surface area contributed by atoms with Gasteiger partial charge >= 0.3 is 0 Å². The number of carbonyl (C=O) groups excluding carboxylic acids is 1. The van der Waals surface area contributed by atoms with Gasteiger partial charge in [-0.15, -0.1) is 0 Å². The fourth-order valence-electron chi connectivity index (χ4n) is 2.13. The fraction of sp³-hybridized carbons (Fsp3) is 0.167. The van der Waals surface area contributed by atoms with Crippen molar-refractivity contribution in [3.63, 3.8) is 0 Å². The summed E-state index contributed by atoms with van der Waals surface area (Å²) in [7, 11) is 1.61. The maximum atomic E-state index is 12.0. The van der Waals surface area contributed by atoms with Gasteiger partial charge < -0.3 is 9.15 Å². The van der Waals surface area contributed by atoms with Crippen molar-refractivity contribution in [2.75, 3.05) is 12.9 Å². The topological polar surface area (TPSA) is 76.7 Å². The highest BCUT2D eigenvalue weighted by molar-refractivity contribution is 7.99. The lowest BCUT2D eigenvalue weighted by molar-refractivity contribution is -0.118. The maximum absolute atomic E-state index is 12.0. The third kappa shape index (κ3) is 4.39. The summed E-state index contributed by atoms with van der Waals surface area (Å²) >= 11 is 1.23. The van der Waals surface area contributed by atoms with Gasteiger partial charge in [0, 0.05) is 5.56 Å². The molecule has 0 unspecified atom stereocenters. The Labute approximate surface area is 149 Å². The molecule has 0 atom stereocenters. The highest BCUT2D eigenvalue weighted by Gasteiger charge is 2.09. The van der Waals surface area contributed by atoms with Crippen LogP contribution in [0, 0.1) is 0 Å². The largest absolute Gasteiger partial charge is 0.497 e. The Balaban J connectivity index is 1.56. The number of amides is 1. The summed E-state index contributed by atoms with van der Waals surface area (Å²) in [5.74, 6) is 0.682. The minimum absolute atomic E-state index is 0.168. The number of hydrazone groups is 1. The van der Waals surface area contributed by atoms with Crippen molar-refractivity contribution >= 4 is 34.5 Å². The lowest BCUT2D eigenvalue weighted by atomic mass is 10.1. The van der Waals surface area contributed by atoms with Gasteiger partial charge in [0.2, 0.25) is 0 Å². The molecular formula is C18H17N3O3S. The molecule has 0 radical (unpaired) electrons. The van der Waals surface area contributed by atoms with Gasteiger partial charge in [0.15, 0.2) is 5.58 Å². The molecule has 3 rings (SSSR count). The number of benzene rings is 2. The van der Waals surface area contributed by atoms with Gasteiger partial charge in [-0.3, -0.25) is 4.79 Å². The van der Waals surface area contributed by atoms with Crippen molar-refractivity contribution in [3.8, 4) is 5.75 Å². The lowest BCUT2D eigenvalue weighted by Crippen LogP contribution is -2.21. The lowest BCUT2D eigenvalue weighted by Gasteiger charge is -2.04. The number of thioether (sulfide) groups is 1. The summed E-state index contributed by atoms with van der Waals surface area (Å²) in [5, 5.41) is 4.58. The summed E-state index contributed by atoms with van der Waals surface area (Å²) in [6.45, 7) is 1.82. The van der Waals surface area contributed by atoms with Crippen molar-refractivity contribution in [3.05, 3.63) is 54.1 Å². The van der Waals surface area contributed by atoms with Gasteiger partial charge in [0.25, 0.3) is 11.1 Å². The number of hydrogen-bond donors (Lipinski definition) is 1. The Morgan fingerprint density at radius 1 is 1.28 bits per heavy atom. The van der Waals surface area contributed by atoms with Crippen LogP contribution in [0.1, 0.15) is 12.5 Å². The number of para-hydroxylation sites is 2. The van der Waals surface area contributed by atoms with E-state index < -0.39 is 0 Å². The van der Waals surface area contributed by atoms with Gasteiger partial charge in [0.1, 0.15) is 11.3 Å². The molecule has 0 aliphatic heterocycles. The van der Waals surface area contributed by atoms with E-state index in [0.717, 1.165) is 16.8 Å². The van der Waals surface area contributed by atoms with Crippen LogP contribution < -0.4 is 10.2 Å². The Morgan fingerprint density at radius 2 is 2.12 bits per heavy atom. The van der Waals surface area contributed by atoms with Crippen LogP contribution in [-0.2, 0) is 4.79 Å². The van der Waals surface area contributed by atoms with Crippen molar-refractivity contribution in [1.29, 1.82) is 0 Å². The first-order valence-electron chi connectivity index (χ1n) is 7.61. The molecule has 0 spiro atoms. The van der Waals surface area contributed by atoms with E-state index in [9.17, 15) is 4.79 Å². The number of aromatic nitrogens is 1. The molecule has 3 aromatic rings. The number of methoxy groups -OCH3 is 1. The molecule has 1 aromatic heterocycles. The van der Waals surface area contributed by atoms with Crippen molar-refractivity contribution in [1.82, 2.24) is 10.4 Å². The van der Waals surface area contributed by atoms with E-state index in [4.69, 9.17) is 9.15 Å². The number of hydrogen-bond acceptors (Lipinski definition) is 6. The molecule has 0 fully saturated rings. The zero-order valence-electron chi connectivity index (χ0n) is 13.9. The van der Waals surface area contributed by atoms with Crippen molar-refractivity contribution in [2.24, 2.45) is 5.10 Å². The molecule has 128 valence electrons. The maximum Gasteiger partial charge on any atom is 0.257 e. The molecular weight excluding hydrogens is 338 g/mol. The Bertz CT molecular complexity index is 888. The van der Waals surface area contributed by atoms with Crippen LogP contribution in [0.3, 0.4) is 0 Å². The average Bonchev–Trinajstić information content (AvgIpc) is 3.07. The fourth-order valence-corrected chi connectivity index (χ4v) is 2.76. The summed E-state index contributed by atoms with van der Waals surface area (Å²) in [5.41, 5.74) is 5.60. The highest BCUT2D eigenvalue weighted by atomic mass is 32.2. The average molecular weight is 355 g/mol. The molecule has 6 nitrogen and oxygen atoms in total. The van der Waals surface area contributed by atoms with E-state index >= 15 is 0 Å². The van der Waals surface area contributed by atoms with Crippen LogP contribution in [0.25, 0.3) is 11.1 Å². The minimum Gasteiger partial charge on any atom is -0.497 e. The Kier molecular flexibility index (Phi) is 5.35. The van der Waals surface area contributed by atoms with E-state index in [-0.39, 0.29) is 11.7 Å². The molecule has 1 heterocycles. The Hall–Kier alpha value is -2.80. The van der Waals surface area contributed by atoms with Crippen LogP contribution in [0.15, 0.2) is 63.3 Å². The number of fused-ring (bicyclic) bond motifs is 1. The summed E-state index contributed by atoms with van der Waals surface area (Å²) in [6, 6.07) is 15.0. The summed E-state index contributed by atoms with van der Waals surface area (Å²) in [6.07, 6.45) is 0. The van der Waals surface area contributed by atoms with E-state index in [1.807, 2.05) is 55.5 Å². The van der Waals surface area contributed by atoms with Gasteiger partial charge in [-0.1, -0.05) is 36.0 Å². The first-order chi connectivity index (χ1) is 12.2. The van der Waals surface area contributed by atoms with Gasteiger partial charge in [0.05, 0.1) is 18.6 Å². The summed E-state index contributed by atoms with van der Waals surface area (Å²) < 4.78 is 10.7. The standard InChI is InChI=1S/C18H17N3O3S/c1-12(13-6-5-7-14(10-13)23-2)20-21-17(22)11-25-18-19-15-8-3-4-9-16(15)24-18/h3-10H,11H2,1-2H3,(H,21,22). The van der Waals surface area contributed by atoms with Gasteiger partial charge in [-0.05, 0) is 31.2 Å². The quantitative estimate of drug-likeness (QED) is 0.416. The van der Waals surface area contributed by atoms with E-state index in [1.54, 1.807) is 7.11 Å². The first-order valence-corrected chi connectivity index (χ1v) is 8.60. The molecule has 1 amide bonds. The van der Waals surface area contributed by atoms with Gasteiger partial charge in [-0.25, -0.2) is 10.4 Å². The molecule has 7 heteroatoms. The van der Waals surface area contributed by atoms with Crippen LogP contribution in [-0.4, -0.2) is 29.5 Å². The highest BCUT2D eigenvalue weighted by Crippen LogP contribution is 2.22. The number of oxazole rings is 1. The van der Waals surface area contributed by atoms with Crippen LogP contribution >= 0.6 is 11.8 Å². The number of nitrogens with zero attached hydrogens (tertiary/aromatic N) is 2. The molecule has 0 bridgehead atoms. The van der Waals surface area contributed by atoms with Crippen LogP contribution in [0.5, 0.6) is 5.75 Å². The molecule has 0 saturated carbocycles. The van der Waals surface area contributed by atoms with Crippen molar-refractivity contribution in [2.45, 2.75) is 12.1 Å². The third-order valence-electron chi connectivity index (χ3n) is 3.44. The number of nitrogens with one attached hydrogen (secondary N) is 1. The van der Waals surface area contributed by atoms with E-state index in [1.165, 1.54) is 11.8 Å². The predicted octanol–water partition coefficient (Wildman–Crippen LogP) is 3.47.